The van der Waals surface area contributed by atoms with Crippen LogP contribution in [0.15, 0.2) is 17.1 Å². The van der Waals surface area contributed by atoms with E-state index in [1.165, 1.54) is 12.0 Å². The Morgan fingerprint density at radius 2 is 2.00 bits per heavy atom. The number of nitrogens with one attached hydrogen (secondary N) is 1. The summed E-state index contributed by atoms with van der Waals surface area (Å²) >= 11 is 0. The van der Waals surface area contributed by atoms with Gasteiger partial charge >= 0.3 is 5.97 Å². The van der Waals surface area contributed by atoms with E-state index in [1.54, 1.807) is 30.7 Å². The summed E-state index contributed by atoms with van der Waals surface area (Å²) in [6.45, 7) is 5.72. The van der Waals surface area contributed by atoms with Crippen molar-refractivity contribution in [1.82, 2.24) is 14.8 Å². The third-order valence-electron chi connectivity index (χ3n) is 5.44. The normalized spacial score (nSPS) is 23.9. The Bertz CT molecular complexity index is 769. The van der Waals surface area contributed by atoms with Crippen LogP contribution in [-0.4, -0.2) is 66.8 Å². The Kier molecular flexibility index (Phi) is 5.96. The molecule has 1 aromatic heterocycles. The minimum atomic E-state index is -0.859. The lowest BCUT2D eigenvalue weighted by Crippen LogP contribution is -2.57. The van der Waals surface area contributed by atoms with Crippen LogP contribution in [-0.2, 0) is 14.3 Å². The van der Waals surface area contributed by atoms with Crippen molar-refractivity contribution in [3.05, 3.63) is 33.7 Å². The molecule has 2 aliphatic heterocycles. The van der Waals surface area contributed by atoms with Crippen LogP contribution < -0.4 is 10.9 Å². The Labute approximate surface area is 158 Å². The lowest BCUT2D eigenvalue weighted by Gasteiger charge is -2.38. The summed E-state index contributed by atoms with van der Waals surface area (Å²) in [6.07, 6.45) is 2.96. The predicted octanol–water partition coefficient (Wildman–Crippen LogP) is 0.484. The number of rotatable bonds is 3. The van der Waals surface area contributed by atoms with Crippen LogP contribution in [0.5, 0.6) is 0 Å². The highest BCUT2D eigenvalue weighted by Gasteiger charge is 2.40. The molecule has 2 fully saturated rings. The zero-order chi connectivity index (χ0) is 19.6. The third-order valence-corrected chi connectivity index (χ3v) is 5.44. The van der Waals surface area contributed by atoms with E-state index in [9.17, 15) is 14.4 Å². The fraction of sp³-hybridized carbons (Fsp3) is 0.632. The average Bonchev–Trinajstić information content (AvgIpc) is 2.68. The van der Waals surface area contributed by atoms with Gasteiger partial charge in [0.15, 0.2) is 6.04 Å². The number of hydrogen-bond donors (Lipinski definition) is 1. The minimum absolute atomic E-state index is 0.0749. The summed E-state index contributed by atoms with van der Waals surface area (Å²) in [6, 6.07) is 1.02. The quantitative estimate of drug-likeness (QED) is 0.771. The van der Waals surface area contributed by atoms with Crippen molar-refractivity contribution in [2.45, 2.75) is 44.9 Å². The van der Waals surface area contributed by atoms with Crippen molar-refractivity contribution in [2.24, 2.45) is 0 Å². The molecule has 148 valence electrons. The number of hydrogen-bond acceptors (Lipinski definition) is 6. The summed E-state index contributed by atoms with van der Waals surface area (Å²) in [5, 5.41) is 3.28. The van der Waals surface area contributed by atoms with Crippen molar-refractivity contribution < 1.29 is 19.1 Å². The first-order chi connectivity index (χ1) is 13.0. The molecule has 8 nitrogen and oxygen atoms in total. The fourth-order valence-electron chi connectivity index (χ4n) is 3.91. The van der Waals surface area contributed by atoms with Crippen LogP contribution in [0, 0.1) is 6.92 Å². The third kappa shape index (κ3) is 3.77. The summed E-state index contributed by atoms with van der Waals surface area (Å²) in [5.74, 6) is -0.978. The average molecular weight is 377 g/mol. The van der Waals surface area contributed by atoms with Gasteiger partial charge in [0.25, 0.3) is 11.5 Å². The highest BCUT2D eigenvalue weighted by molar-refractivity contribution is 5.98. The number of nitrogens with zero attached hydrogens (tertiary/aromatic N) is 2. The van der Waals surface area contributed by atoms with E-state index in [1.807, 2.05) is 0 Å². The molecule has 27 heavy (non-hydrogen) atoms. The standard InChI is InChI=1S/C19H27N3O5/c1-12-6-9-21(14-4-7-20-8-5-14)17(23)15(12)18(24)22-10-11-27-13(2)16(22)19(25)26-3/h6,9,13-14,16,20H,4-5,7-8,10-11H2,1-3H3/t13-,16+/m1/s1. The van der Waals surface area contributed by atoms with E-state index in [0.29, 0.717) is 12.2 Å². The van der Waals surface area contributed by atoms with Gasteiger partial charge in [0.2, 0.25) is 0 Å². The second kappa shape index (κ2) is 8.22. The zero-order valence-electron chi connectivity index (χ0n) is 16.1. The van der Waals surface area contributed by atoms with Gasteiger partial charge in [0.1, 0.15) is 5.56 Å². The highest BCUT2D eigenvalue weighted by atomic mass is 16.5. The molecule has 2 aliphatic rings. The van der Waals surface area contributed by atoms with Crippen molar-refractivity contribution >= 4 is 11.9 Å². The molecule has 0 bridgehead atoms. The molecule has 0 saturated carbocycles. The zero-order valence-corrected chi connectivity index (χ0v) is 16.1. The second-order valence-corrected chi connectivity index (χ2v) is 7.11. The number of amides is 1. The molecule has 2 saturated heterocycles. The Morgan fingerprint density at radius 3 is 2.67 bits per heavy atom. The van der Waals surface area contributed by atoms with E-state index in [2.05, 4.69) is 5.32 Å². The van der Waals surface area contributed by atoms with Crippen LogP contribution >= 0.6 is 0 Å². The van der Waals surface area contributed by atoms with Gasteiger partial charge in [-0.1, -0.05) is 0 Å². The maximum Gasteiger partial charge on any atom is 0.331 e. The maximum atomic E-state index is 13.3. The molecule has 1 amide bonds. The van der Waals surface area contributed by atoms with Gasteiger partial charge in [-0.25, -0.2) is 4.79 Å². The molecule has 1 N–H and O–H groups in total. The number of ether oxygens (including phenoxy) is 2. The number of esters is 1. The summed E-state index contributed by atoms with van der Waals surface area (Å²) in [7, 11) is 1.28. The monoisotopic (exact) mass is 377 g/mol. The molecule has 3 heterocycles. The lowest BCUT2D eigenvalue weighted by atomic mass is 10.0. The predicted molar refractivity (Wildman–Crippen MR) is 98.8 cm³/mol. The molecule has 0 radical (unpaired) electrons. The molecular weight excluding hydrogens is 350 g/mol. The summed E-state index contributed by atoms with van der Waals surface area (Å²) in [4.78, 5) is 40.1. The molecule has 0 spiro atoms. The molecule has 0 aliphatic carbocycles. The lowest BCUT2D eigenvalue weighted by molar-refractivity contribution is -0.156. The number of methoxy groups -OCH3 is 1. The van der Waals surface area contributed by atoms with Crippen molar-refractivity contribution in [2.75, 3.05) is 33.4 Å². The van der Waals surface area contributed by atoms with E-state index >= 15 is 0 Å². The molecule has 0 unspecified atom stereocenters. The summed E-state index contributed by atoms with van der Waals surface area (Å²) < 4.78 is 12.0. The van der Waals surface area contributed by atoms with Gasteiger partial charge in [-0.2, -0.15) is 0 Å². The molecule has 3 rings (SSSR count). The van der Waals surface area contributed by atoms with Gasteiger partial charge in [0.05, 0.1) is 19.8 Å². The molecule has 8 heteroatoms. The minimum Gasteiger partial charge on any atom is -0.467 e. The number of aromatic nitrogens is 1. The van der Waals surface area contributed by atoms with Crippen LogP contribution in [0.25, 0.3) is 0 Å². The topological polar surface area (TPSA) is 89.9 Å². The van der Waals surface area contributed by atoms with Crippen LogP contribution in [0.1, 0.15) is 41.7 Å². The SMILES string of the molecule is COC(=O)[C@@H]1[C@@H](C)OCCN1C(=O)c1c(C)ccn(C2CCNCC2)c1=O. The first kappa shape index (κ1) is 19.6. The van der Waals surface area contributed by atoms with Crippen LogP contribution in [0.2, 0.25) is 0 Å². The van der Waals surface area contributed by atoms with Crippen molar-refractivity contribution in [3.8, 4) is 0 Å². The summed E-state index contributed by atoms with van der Waals surface area (Å²) in [5.41, 5.74) is 0.437. The number of piperidine rings is 1. The van der Waals surface area contributed by atoms with Crippen LogP contribution in [0.3, 0.4) is 0 Å². The first-order valence-corrected chi connectivity index (χ1v) is 9.38. The number of morpholine rings is 1. The first-order valence-electron chi connectivity index (χ1n) is 9.38. The molecule has 2 atom stereocenters. The second-order valence-electron chi connectivity index (χ2n) is 7.11. The maximum absolute atomic E-state index is 13.3. The van der Waals surface area contributed by atoms with Gasteiger partial charge in [0, 0.05) is 18.8 Å². The molecule has 1 aromatic rings. The van der Waals surface area contributed by atoms with E-state index in [-0.39, 0.29) is 23.7 Å². The number of pyridine rings is 1. The van der Waals surface area contributed by atoms with E-state index < -0.39 is 24.0 Å². The number of aryl methyl sites for hydroxylation is 1. The van der Waals surface area contributed by atoms with Crippen LogP contribution in [0.4, 0.5) is 0 Å². The molecular formula is C19H27N3O5. The molecule has 0 aromatic carbocycles. The Morgan fingerprint density at radius 1 is 1.30 bits per heavy atom. The smallest absolute Gasteiger partial charge is 0.331 e. The highest BCUT2D eigenvalue weighted by Crippen LogP contribution is 2.21. The van der Waals surface area contributed by atoms with Gasteiger partial charge in [-0.3, -0.25) is 9.59 Å². The van der Waals surface area contributed by atoms with E-state index in [0.717, 1.165) is 25.9 Å². The Hall–Kier alpha value is -2.19. The van der Waals surface area contributed by atoms with Crippen molar-refractivity contribution in [3.63, 3.8) is 0 Å². The largest absolute Gasteiger partial charge is 0.467 e. The van der Waals surface area contributed by atoms with Crippen molar-refractivity contribution in [1.29, 1.82) is 0 Å². The van der Waals surface area contributed by atoms with E-state index in [4.69, 9.17) is 9.47 Å². The number of carbonyl (C=O) groups excluding carboxylic acids is 2. The fourth-order valence-corrected chi connectivity index (χ4v) is 3.91. The van der Waals surface area contributed by atoms with Gasteiger partial charge < -0.3 is 24.3 Å². The van der Waals surface area contributed by atoms with Gasteiger partial charge in [-0.05, 0) is 51.4 Å². The Balaban J connectivity index is 1.98. The number of carbonyl (C=O) groups is 2. The van der Waals surface area contributed by atoms with Gasteiger partial charge in [-0.15, -0.1) is 0 Å².